The van der Waals surface area contributed by atoms with Crippen molar-refractivity contribution in [3.63, 3.8) is 0 Å². The average molecular weight is 315 g/mol. The number of rotatable bonds is 4. The van der Waals surface area contributed by atoms with Crippen LogP contribution in [0.25, 0.3) is 0 Å². The van der Waals surface area contributed by atoms with Crippen LogP contribution >= 0.6 is 0 Å². The van der Waals surface area contributed by atoms with Gasteiger partial charge in [0, 0.05) is 0 Å². The normalized spacial score (nSPS) is 30.0. The van der Waals surface area contributed by atoms with Crippen molar-refractivity contribution in [1.82, 2.24) is 0 Å². The Morgan fingerprint density at radius 2 is 1.27 bits per heavy atom. The lowest BCUT2D eigenvalue weighted by Crippen LogP contribution is -2.18. The zero-order valence-electron chi connectivity index (χ0n) is 16.8. The molecule has 1 N–H and O–H groups in total. The van der Waals surface area contributed by atoms with Crippen molar-refractivity contribution in [3.8, 4) is 0 Å². The number of aliphatic hydroxyl groups is 1. The first-order chi connectivity index (χ1) is 10.8. The van der Waals surface area contributed by atoms with Crippen LogP contribution in [0.5, 0.6) is 0 Å². The standard InChI is InChI=1S/C15H28O.3C2H6/c1-12-4-2-6-14(12)7-3-5-13-8-10-15(16)11-9-13;3*1-2/h12-16H,2-11H2,1H3;3*1-2H3. The Hall–Kier alpha value is -0.0400. The molecule has 1 heteroatoms. The molecule has 2 fully saturated rings. The molecule has 0 aromatic rings. The van der Waals surface area contributed by atoms with Crippen LogP contribution in [0.1, 0.15) is 113 Å². The molecule has 0 spiro atoms. The highest BCUT2D eigenvalue weighted by atomic mass is 16.3. The smallest absolute Gasteiger partial charge is 0.0540 e. The van der Waals surface area contributed by atoms with E-state index in [0.29, 0.717) is 0 Å². The largest absolute Gasteiger partial charge is 0.393 e. The highest BCUT2D eigenvalue weighted by Gasteiger charge is 2.24. The Morgan fingerprint density at radius 3 is 1.73 bits per heavy atom. The Balaban J connectivity index is 0. The Kier molecular flexibility index (Phi) is 19.1. The van der Waals surface area contributed by atoms with Gasteiger partial charge in [-0.15, -0.1) is 0 Å². The van der Waals surface area contributed by atoms with Crippen LogP contribution in [0.3, 0.4) is 0 Å². The van der Waals surface area contributed by atoms with Crippen molar-refractivity contribution < 1.29 is 5.11 Å². The molecular weight excluding hydrogens is 268 g/mol. The van der Waals surface area contributed by atoms with Gasteiger partial charge in [-0.3, -0.25) is 0 Å². The van der Waals surface area contributed by atoms with Gasteiger partial charge in [0.2, 0.25) is 0 Å². The van der Waals surface area contributed by atoms with Crippen LogP contribution in [-0.4, -0.2) is 11.2 Å². The van der Waals surface area contributed by atoms with Gasteiger partial charge in [0.05, 0.1) is 6.10 Å². The molecule has 0 heterocycles. The van der Waals surface area contributed by atoms with Crippen molar-refractivity contribution in [2.45, 2.75) is 119 Å². The minimum atomic E-state index is 0.0195. The number of hydrogen-bond donors (Lipinski definition) is 1. The third-order valence-corrected chi connectivity index (χ3v) is 5.04. The Bertz CT molecular complexity index is 194. The average Bonchev–Trinajstić information content (AvgIpc) is 3.00. The van der Waals surface area contributed by atoms with E-state index in [1.165, 1.54) is 51.4 Å². The summed E-state index contributed by atoms with van der Waals surface area (Å²) < 4.78 is 0. The molecule has 1 nitrogen and oxygen atoms in total. The summed E-state index contributed by atoms with van der Waals surface area (Å²) >= 11 is 0. The first-order valence-corrected chi connectivity index (χ1v) is 10.4. The van der Waals surface area contributed by atoms with Crippen molar-refractivity contribution in [1.29, 1.82) is 0 Å². The van der Waals surface area contributed by atoms with E-state index < -0.39 is 0 Å². The molecular formula is C21H46O. The van der Waals surface area contributed by atoms with E-state index in [9.17, 15) is 5.11 Å². The van der Waals surface area contributed by atoms with Gasteiger partial charge < -0.3 is 5.11 Å². The molecule has 0 amide bonds. The lowest BCUT2D eigenvalue weighted by Gasteiger charge is -2.26. The van der Waals surface area contributed by atoms with Crippen LogP contribution in [0.2, 0.25) is 0 Å². The van der Waals surface area contributed by atoms with E-state index >= 15 is 0 Å². The molecule has 0 radical (unpaired) electrons. The summed E-state index contributed by atoms with van der Waals surface area (Å²) in [7, 11) is 0. The molecule has 0 aromatic carbocycles. The van der Waals surface area contributed by atoms with Crippen molar-refractivity contribution in [2.75, 3.05) is 0 Å². The molecule has 0 saturated heterocycles. The monoisotopic (exact) mass is 314 g/mol. The van der Waals surface area contributed by atoms with Crippen molar-refractivity contribution in [2.24, 2.45) is 17.8 Å². The van der Waals surface area contributed by atoms with E-state index in [1.54, 1.807) is 0 Å². The summed E-state index contributed by atoms with van der Waals surface area (Å²) in [5.41, 5.74) is 0. The predicted molar refractivity (Wildman–Crippen MR) is 102 cm³/mol. The SMILES string of the molecule is CC.CC.CC.CC1CCCC1CCCC1CCC(O)CC1. The van der Waals surface area contributed by atoms with E-state index in [1.807, 2.05) is 41.5 Å². The predicted octanol–water partition coefficient (Wildman–Crippen LogP) is 7.22. The van der Waals surface area contributed by atoms with Gasteiger partial charge in [0.15, 0.2) is 0 Å². The maximum atomic E-state index is 9.46. The molecule has 2 saturated carbocycles. The van der Waals surface area contributed by atoms with Gasteiger partial charge in [-0.05, 0) is 43.4 Å². The second kappa shape index (κ2) is 17.3. The highest BCUT2D eigenvalue weighted by Crippen LogP contribution is 2.36. The molecule has 22 heavy (non-hydrogen) atoms. The van der Waals surface area contributed by atoms with Crippen LogP contribution in [-0.2, 0) is 0 Å². The molecule has 2 unspecified atom stereocenters. The van der Waals surface area contributed by atoms with E-state index in [-0.39, 0.29) is 6.10 Å². The van der Waals surface area contributed by atoms with E-state index in [2.05, 4.69) is 6.92 Å². The minimum Gasteiger partial charge on any atom is -0.393 e. The molecule has 2 aliphatic carbocycles. The van der Waals surface area contributed by atoms with Crippen LogP contribution in [0.4, 0.5) is 0 Å². The summed E-state index contributed by atoms with van der Waals surface area (Å²) in [5.74, 6) is 2.96. The zero-order chi connectivity index (χ0) is 17.4. The van der Waals surface area contributed by atoms with Gasteiger partial charge in [-0.25, -0.2) is 0 Å². The quantitative estimate of drug-likeness (QED) is 0.580. The van der Waals surface area contributed by atoms with E-state index in [4.69, 9.17) is 0 Å². The van der Waals surface area contributed by atoms with Crippen LogP contribution in [0.15, 0.2) is 0 Å². The van der Waals surface area contributed by atoms with Crippen molar-refractivity contribution in [3.05, 3.63) is 0 Å². The van der Waals surface area contributed by atoms with Gasteiger partial charge in [0.1, 0.15) is 0 Å². The summed E-state index contributed by atoms with van der Waals surface area (Å²) in [6, 6.07) is 0. The lowest BCUT2D eigenvalue weighted by molar-refractivity contribution is 0.105. The number of aliphatic hydroxyl groups excluding tert-OH is 1. The Morgan fingerprint density at radius 1 is 0.727 bits per heavy atom. The summed E-state index contributed by atoms with van der Waals surface area (Å²) in [4.78, 5) is 0. The molecule has 0 bridgehead atoms. The maximum Gasteiger partial charge on any atom is 0.0540 e. The third kappa shape index (κ3) is 10.6. The summed E-state index contributed by atoms with van der Waals surface area (Å²) in [5, 5.41) is 9.46. The second-order valence-corrected chi connectivity index (χ2v) is 6.27. The molecule has 0 aliphatic heterocycles. The second-order valence-electron chi connectivity index (χ2n) is 6.27. The molecule has 136 valence electrons. The first-order valence-electron chi connectivity index (χ1n) is 10.4. The van der Waals surface area contributed by atoms with Gasteiger partial charge >= 0.3 is 0 Å². The van der Waals surface area contributed by atoms with E-state index in [0.717, 1.165) is 30.6 Å². The third-order valence-electron chi connectivity index (χ3n) is 5.04. The fourth-order valence-electron chi connectivity index (χ4n) is 3.75. The zero-order valence-corrected chi connectivity index (χ0v) is 16.8. The highest BCUT2D eigenvalue weighted by molar-refractivity contribution is 4.76. The van der Waals surface area contributed by atoms with Gasteiger partial charge in [-0.1, -0.05) is 87.0 Å². The summed E-state index contributed by atoms with van der Waals surface area (Å²) in [6.45, 7) is 14.4. The summed E-state index contributed by atoms with van der Waals surface area (Å²) in [6.07, 6.45) is 13.5. The van der Waals surface area contributed by atoms with Crippen molar-refractivity contribution >= 4 is 0 Å². The lowest BCUT2D eigenvalue weighted by atomic mass is 9.83. The first kappa shape index (κ1) is 24.2. The fraction of sp³-hybridized carbons (Fsp3) is 1.00. The maximum absolute atomic E-state index is 9.46. The number of hydrogen-bond acceptors (Lipinski definition) is 1. The van der Waals surface area contributed by atoms with Crippen LogP contribution < -0.4 is 0 Å². The topological polar surface area (TPSA) is 20.2 Å². The van der Waals surface area contributed by atoms with Gasteiger partial charge in [-0.2, -0.15) is 0 Å². The molecule has 2 rings (SSSR count). The fourth-order valence-corrected chi connectivity index (χ4v) is 3.75. The van der Waals surface area contributed by atoms with Gasteiger partial charge in [0.25, 0.3) is 0 Å². The van der Waals surface area contributed by atoms with Crippen LogP contribution in [0, 0.1) is 17.8 Å². The molecule has 2 aliphatic rings. The Labute approximate surface area is 142 Å². The minimum absolute atomic E-state index is 0.0195. The molecule has 0 aromatic heterocycles. The molecule has 2 atom stereocenters.